The van der Waals surface area contributed by atoms with E-state index in [-0.39, 0.29) is 12.4 Å². The van der Waals surface area contributed by atoms with Crippen LogP contribution in [0.3, 0.4) is 0 Å². The van der Waals surface area contributed by atoms with E-state index >= 15 is 0 Å². The number of hydrogen-bond acceptors (Lipinski definition) is 5. The number of benzene rings is 1. The van der Waals surface area contributed by atoms with Crippen LogP contribution in [0.2, 0.25) is 0 Å². The highest BCUT2D eigenvalue weighted by molar-refractivity contribution is 5.79. The van der Waals surface area contributed by atoms with Gasteiger partial charge in [-0.3, -0.25) is 29.2 Å². The first kappa shape index (κ1) is 17.9. The predicted octanol–water partition coefficient (Wildman–Crippen LogP) is 1.99. The quantitative estimate of drug-likeness (QED) is 0.474. The molecule has 0 fully saturated rings. The Labute approximate surface area is 138 Å². The van der Waals surface area contributed by atoms with E-state index < -0.39 is 16.0 Å². The topological polar surface area (TPSA) is 101 Å². The van der Waals surface area contributed by atoms with Crippen molar-refractivity contribution in [3.05, 3.63) is 48.5 Å². The molecule has 2 aromatic rings. The van der Waals surface area contributed by atoms with Gasteiger partial charge in [0.15, 0.2) is 0 Å². The van der Waals surface area contributed by atoms with Crippen LogP contribution in [0, 0.1) is 17.0 Å². The molecular weight excluding hydrogens is 312 g/mol. The fourth-order valence-electron chi connectivity index (χ4n) is 2.84. The van der Waals surface area contributed by atoms with E-state index in [9.17, 15) is 19.7 Å². The Morgan fingerprint density at radius 1 is 1.21 bits per heavy atom. The summed E-state index contributed by atoms with van der Waals surface area (Å²) in [5.41, 5.74) is -0.251. The SMILES string of the molecule is CCCN(CCC)Cn1c(=O)c(=O)[nH]c2cc(C)c([N+](=O)[O-])cc21. The monoisotopic (exact) mass is 334 g/mol. The van der Waals surface area contributed by atoms with Crippen molar-refractivity contribution in [1.82, 2.24) is 14.5 Å². The summed E-state index contributed by atoms with van der Waals surface area (Å²) in [4.78, 5) is 39.5. The van der Waals surface area contributed by atoms with Crippen molar-refractivity contribution in [2.75, 3.05) is 13.1 Å². The van der Waals surface area contributed by atoms with Crippen molar-refractivity contribution in [3.63, 3.8) is 0 Å². The molecular formula is C16H22N4O4. The van der Waals surface area contributed by atoms with Gasteiger partial charge in [-0.05, 0) is 38.9 Å². The molecule has 2 rings (SSSR count). The first-order chi connectivity index (χ1) is 11.4. The first-order valence-corrected chi connectivity index (χ1v) is 8.03. The third kappa shape index (κ3) is 3.53. The lowest BCUT2D eigenvalue weighted by Gasteiger charge is -2.22. The van der Waals surface area contributed by atoms with Gasteiger partial charge in [0.1, 0.15) is 0 Å². The minimum atomic E-state index is -0.719. The molecule has 1 N–H and O–H groups in total. The largest absolute Gasteiger partial charge is 0.317 e. The smallest absolute Gasteiger partial charge is 0.316 e. The second kappa shape index (κ2) is 7.39. The lowest BCUT2D eigenvalue weighted by atomic mass is 10.1. The van der Waals surface area contributed by atoms with Crippen LogP contribution in [-0.2, 0) is 6.67 Å². The summed E-state index contributed by atoms with van der Waals surface area (Å²) in [6.07, 6.45) is 1.82. The Balaban J connectivity index is 2.67. The van der Waals surface area contributed by atoms with Crippen molar-refractivity contribution in [2.24, 2.45) is 0 Å². The number of rotatable bonds is 7. The number of nitrogens with one attached hydrogen (secondary N) is 1. The van der Waals surface area contributed by atoms with E-state index in [2.05, 4.69) is 9.88 Å². The van der Waals surface area contributed by atoms with E-state index in [1.54, 1.807) is 6.92 Å². The average Bonchev–Trinajstić information content (AvgIpc) is 2.51. The molecule has 0 atom stereocenters. The second-order valence-electron chi connectivity index (χ2n) is 5.86. The Bertz CT molecular complexity index is 863. The molecule has 0 saturated heterocycles. The molecule has 0 radical (unpaired) electrons. The van der Waals surface area contributed by atoms with Gasteiger partial charge in [0.25, 0.3) is 5.69 Å². The summed E-state index contributed by atoms with van der Waals surface area (Å²) >= 11 is 0. The molecule has 1 heterocycles. The number of H-pyrrole nitrogens is 1. The summed E-state index contributed by atoms with van der Waals surface area (Å²) in [5.74, 6) is 0. The summed E-state index contributed by atoms with van der Waals surface area (Å²) in [6, 6.07) is 2.90. The predicted molar refractivity (Wildman–Crippen MR) is 92.4 cm³/mol. The van der Waals surface area contributed by atoms with Gasteiger partial charge in [0.05, 0.1) is 22.6 Å². The zero-order chi connectivity index (χ0) is 17.9. The number of aromatic nitrogens is 2. The van der Waals surface area contributed by atoms with Crippen molar-refractivity contribution in [1.29, 1.82) is 0 Å². The molecule has 1 aromatic carbocycles. The van der Waals surface area contributed by atoms with E-state index in [1.807, 2.05) is 13.8 Å². The number of nitrogens with zero attached hydrogens (tertiary/aromatic N) is 3. The molecule has 130 valence electrons. The molecule has 0 aliphatic carbocycles. The Morgan fingerprint density at radius 3 is 2.38 bits per heavy atom. The fraction of sp³-hybridized carbons (Fsp3) is 0.500. The standard InChI is InChI=1S/C16H22N4O4/c1-4-6-18(7-5-2)10-19-14-9-13(20(23)24)11(3)8-12(14)17-15(21)16(19)22/h8-9H,4-7,10H2,1-3H3,(H,17,21). The van der Waals surface area contributed by atoms with E-state index in [0.717, 1.165) is 25.9 Å². The van der Waals surface area contributed by atoms with Crippen LogP contribution in [0.15, 0.2) is 21.7 Å². The number of fused-ring (bicyclic) bond motifs is 1. The fourth-order valence-corrected chi connectivity index (χ4v) is 2.84. The molecule has 0 aliphatic rings. The summed E-state index contributed by atoms with van der Waals surface area (Å²) < 4.78 is 1.33. The maximum Gasteiger partial charge on any atom is 0.317 e. The van der Waals surface area contributed by atoms with Crippen LogP contribution in [0.5, 0.6) is 0 Å². The second-order valence-corrected chi connectivity index (χ2v) is 5.86. The summed E-state index contributed by atoms with van der Waals surface area (Å²) in [5, 5.41) is 11.2. The Kier molecular flexibility index (Phi) is 5.50. The highest BCUT2D eigenvalue weighted by Crippen LogP contribution is 2.23. The van der Waals surface area contributed by atoms with Gasteiger partial charge in [-0.15, -0.1) is 0 Å². The van der Waals surface area contributed by atoms with Crippen molar-refractivity contribution < 1.29 is 4.92 Å². The molecule has 8 heteroatoms. The molecule has 8 nitrogen and oxygen atoms in total. The van der Waals surface area contributed by atoms with E-state index in [4.69, 9.17) is 0 Å². The van der Waals surface area contributed by atoms with Crippen LogP contribution >= 0.6 is 0 Å². The van der Waals surface area contributed by atoms with Crippen molar-refractivity contribution in [3.8, 4) is 0 Å². The van der Waals surface area contributed by atoms with Gasteiger partial charge in [-0.1, -0.05) is 13.8 Å². The van der Waals surface area contributed by atoms with Crippen LogP contribution in [0.25, 0.3) is 11.0 Å². The van der Waals surface area contributed by atoms with Crippen LogP contribution in [-0.4, -0.2) is 32.5 Å². The molecule has 0 bridgehead atoms. The van der Waals surface area contributed by atoms with Crippen molar-refractivity contribution in [2.45, 2.75) is 40.3 Å². The minimum absolute atomic E-state index is 0.0692. The molecule has 0 amide bonds. The highest BCUT2D eigenvalue weighted by Gasteiger charge is 2.17. The molecule has 0 unspecified atom stereocenters. The molecule has 0 spiro atoms. The Hall–Kier alpha value is -2.48. The maximum atomic E-state index is 12.3. The molecule has 1 aromatic heterocycles. The van der Waals surface area contributed by atoms with Gasteiger partial charge >= 0.3 is 11.1 Å². The Morgan fingerprint density at radius 2 is 1.83 bits per heavy atom. The van der Waals surface area contributed by atoms with Gasteiger partial charge in [-0.2, -0.15) is 0 Å². The van der Waals surface area contributed by atoms with Gasteiger partial charge in [-0.25, -0.2) is 0 Å². The molecule has 0 aliphatic heterocycles. The normalized spacial score (nSPS) is 11.3. The number of hydrogen-bond donors (Lipinski definition) is 1. The van der Waals surface area contributed by atoms with Gasteiger partial charge in [0, 0.05) is 11.6 Å². The van der Waals surface area contributed by atoms with Gasteiger partial charge in [0.2, 0.25) is 0 Å². The average molecular weight is 334 g/mol. The zero-order valence-corrected chi connectivity index (χ0v) is 14.2. The minimum Gasteiger partial charge on any atom is -0.316 e. The maximum absolute atomic E-state index is 12.3. The molecule has 0 saturated carbocycles. The lowest BCUT2D eigenvalue weighted by molar-refractivity contribution is -0.385. The van der Waals surface area contributed by atoms with Crippen LogP contribution in [0.4, 0.5) is 5.69 Å². The highest BCUT2D eigenvalue weighted by atomic mass is 16.6. The van der Waals surface area contributed by atoms with E-state index in [0.29, 0.717) is 16.6 Å². The van der Waals surface area contributed by atoms with Crippen LogP contribution < -0.4 is 11.1 Å². The number of nitro groups is 1. The van der Waals surface area contributed by atoms with Gasteiger partial charge < -0.3 is 4.98 Å². The number of aryl methyl sites for hydroxylation is 1. The van der Waals surface area contributed by atoms with E-state index in [1.165, 1.54) is 16.7 Å². The summed E-state index contributed by atoms with van der Waals surface area (Å²) in [6.45, 7) is 7.48. The van der Waals surface area contributed by atoms with Crippen LogP contribution in [0.1, 0.15) is 32.3 Å². The zero-order valence-electron chi connectivity index (χ0n) is 14.2. The third-order valence-electron chi connectivity index (χ3n) is 3.91. The van der Waals surface area contributed by atoms with Crippen molar-refractivity contribution >= 4 is 16.7 Å². The lowest BCUT2D eigenvalue weighted by Crippen LogP contribution is -2.41. The summed E-state index contributed by atoms with van der Waals surface area (Å²) in [7, 11) is 0. The first-order valence-electron chi connectivity index (χ1n) is 8.03. The number of aromatic amines is 1. The molecule has 24 heavy (non-hydrogen) atoms. The third-order valence-corrected chi connectivity index (χ3v) is 3.91. The number of nitro benzene ring substituents is 1.